The predicted molar refractivity (Wildman–Crippen MR) is 70.2 cm³/mol. The van der Waals surface area contributed by atoms with Gasteiger partial charge in [0.15, 0.2) is 0 Å². The molecule has 94 valence electrons. The van der Waals surface area contributed by atoms with Crippen LogP contribution < -0.4 is 4.74 Å². The van der Waals surface area contributed by atoms with Crippen LogP contribution in [0.4, 0.5) is 4.39 Å². The molecule has 1 aromatic rings. The van der Waals surface area contributed by atoms with Gasteiger partial charge in [-0.05, 0) is 25.5 Å². The van der Waals surface area contributed by atoms with Crippen molar-refractivity contribution in [3.05, 3.63) is 29.6 Å². The summed E-state index contributed by atoms with van der Waals surface area (Å²) >= 11 is 3.63. The van der Waals surface area contributed by atoms with E-state index in [4.69, 9.17) is 4.74 Å². The van der Waals surface area contributed by atoms with Gasteiger partial charge >= 0.3 is 0 Å². The third-order valence-electron chi connectivity index (χ3n) is 3.10. The van der Waals surface area contributed by atoms with E-state index < -0.39 is 0 Å². The topological polar surface area (TPSA) is 12.5 Å². The van der Waals surface area contributed by atoms with Gasteiger partial charge in [0.05, 0.1) is 7.11 Å². The van der Waals surface area contributed by atoms with Gasteiger partial charge in [-0.15, -0.1) is 0 Å². The molecule has 0 N–H and O–H groups in total. The zero-order valence-electron chi connectivity index (χ0n) is 9.96. The lowest BCUT2D eigenvalue weighted by atomic mass is 10.1. The van der Waals surface area contributed by atoms with E-state index in [1.807, 2.05) is 12.1 Å². The van der Waals surface area contributed by atoms with E-state index >= 15 is 0 Å². The molecular formula is C13H17BrFNO. The number of piperidine rings is 1. The largest absolute Gasteiger partial charge is 0.497 e. The lowest BCUT2D eigenvalue weighted by Crippen LogP contribution is -2.35. The van der Waals surface area contributed by atoms with Gasteiger partial charge in [0.2, 0.25) is 0 Å². The summed E-state index contributed by atoms with van der Waals surface area (Å²) in [5.74, 6) is 0.393. The third kappa shape index (κ3) is 3.42. The molecule has 1 aliphatic heterocycles. The smallest absolute Gasteiger partial charge is 0.131 e. The summed E-state index contributed by atoms with van der Waals surface area (Å²) in [6, 6.07) is 5.07. The highest BCUT2D eigenvalue weighted by Gasteiger charge is 2.18. The lowest BCUT2D eigenvalue weighted by Gasteiger charge is -2.30. The molecule has 0 aliphatic carbocycles. The third-order valence-corrected chi connectivity index (χ3v) is 3.85. The van der Waals surface area contributed by atoms with E-state index in [2.05, 4.69) is 20.8 Å². The van der Waals surface area contributed by atoms with Crippen molar-refractivity contribution in [2.75, 3.05) is 20.2 Å². The van der Waals surface area contributed by atoms with Gasteiger partial charge in [-0.25, -0.2) is 4.39 Å². The van der Waals surface area contributed by atoms with Crippen LogP contribution in [0.15, 0.2) is 18.2 Å². The Kier molecular flexibility index (Phi) is 4.40. The highest BCUT2D eigenvalue weighted by atomic mass is 79.9. The molecule has 0 bridgehead atoms. The lowest BCUT2D eigenvalue weighted by molar-refractivity contribution is 0.225. The SMILES string of the molecule is COc1ccc(CN2CCCC(Br)C2)c(F)c1. The minimum atomic E-state index is -0.180. The highest BCUT2D eigenvalue weighted by molar-refractivity contribution is 9.09. The van der Waals surface area contributed by atoms with Crippen molar-refractivity contribution in [2.24, 2.45) is 0 Å². The van der Waals surface area contributed by atoms with Gasteiger partial charge in [-0.3, -0.25) is 4.90 Å². The van der Waals surface area contributed by atoms with Crippen LogP contribution in [0.1, 0.15) is 18.4 Å². The van der Waals surface area contributed by atoms with Crippen molar-refractivity contribution >= 4 is 15.9 Å². The van der Waals surface area contributed by atoms with E-state index in [1.165, 1.54) is 18.9 Å². The summed E-state index contributed by atoms with van der Waals surface area (Å²) < 4.78 is 18.8. The van der Waals surface area contributed by atoms with Crippen LogP contribution in [0.5, 0.6) is 5.75 Å². The number of methoxy groups -OCH3 is 1. The Morgan fingerprint density at radius 2 is 2.35 bits per heavy atom. The van der Waals surface area contributed by atoms with E-state index in [9.17, 15) is 4.39 Å². The zero-order chi connectivity index (χ0) is 12.3. The van der Waals surface area contributed by atoms with Crippen molar-refractivity contribution in [2.45, 2.75) is 24.2 Å². The van der Waals surface area contributed by atoms with Crippen LogP contribution in [0.3, 0.4) is 0 Å². The number of likely N-dealkylation sites (tertiary alicyclic amines) is 1. The number of hydrogen-bond donors (Lipinski definition) is 0. The second-order valence-corrected chi connectivity index (χ2v) is 5.73. The number of ether oxygens (including phenoxy) is 1. The fourth-order valence-electron chi connectivity index (χ4n) is 2.17. The van der Waals surface area contributed by atoms with Gasteiger partial charge in [-0.1, -0.05) is 22.0 Å². The molecule has 1 unspecified atom stereocenters. The van der Waals surface area contributed by atoms with Crippen LogP contribution >= 0.6 is 15.9 Å². The first-order chi connectivity index (χ1) is 8.19. The molecule has 2 rings (SSSR count). The highest BCUT2D eigenvalue weighted by Crippen LogP contribution is 2.21. The maximum absolute atomic E-state index is 13.8. The monoisotopic (exact) mass is 301 g/mol. The Balaban J connectivity index is 2.02. The maximum Gasteiger partial charge on any atom is 0.131 e. The fourth-order valence-corrected chi connectivity index (χ4v) is 2.90. The number of benzene rings is 1. The fraction of sp³-hybridized carbons (Fsp3) is 0.538. The molecule has 1 heterocycles. The second-order valence-electron chi connectivity index (χ2n) is 4.43. The molecule has 0 aromatic heterocycles. The summed E-state index contributed by atoms with van der Waals surface area (Å²) in [5.41, 5.74) is 0.743. The molecule has 17 heavy (non-hydrogen) atoms. The predicted octanol–water partition coefficient (Wildman–Crippen LogP) is 3.19. The van der Waals surface area contributed by atoms with Crippen LogP contribution in [0.25, 0.3) is 0 Å². The summed E-state index contributed by atoms with van der Waals surface area (Å²) in [5, 5.41) is 0. The quantitative estimate of drug-likeness (QED) is 0.795. The summed E-state index contributed by atoms with van der Waals surface area (Å²) in [7, 11) is 1.55. The first kappa shape index (κ1) is 12.8. The van der Waals surface area contributed by atoms with Crippen LogP contribution in [0, 0.1) is 5.82 Å². The minimum Gasteiger partial charge on any atom is -0.497 e. The van der Waals surface area contributed by atoms with Gasteiger partial charge in [0, 0.05) is 29.5 Å². The molecule has 0 saturated carbocycles. The molecule has 1 fully saturated rings. The Morgan fingerprint density at radius 1 is 1.53 bits per heavy atom. The molecule has 1 aliphatic rings. The molecular weight excluding hydrogens is 285 g/mol. The van der Waals surface area contributed by atoms with Crippen molar-refractivity contribution in [3.8, 4) is 5.75 Å². The average Bonchev–Trinajstić information content (AvgIpc) is 2.32. The Bertz CT molecular complexity index is 386. The van der Waals surface area contributed by atoms with Gasteiger partial charge in [0.1, 0.15) is 11.6 Å². The molecule has 1 aromatic carbocycles. The second kappa shape index (κ2) is 5.83. The molecule has 0 spiro atoms. The standard InChI is InChI=1S/C13H17BrFNO/c1-17-12-5-4-10(13(15)7-12)8-16-6-2-3-11(14)9-16/h4-5,7,11H,2-3,6,8-9H2,1H3. The Labute approximate surface area is 110 Å². The minimum absolute atomic E-state index is 0.180. The summed E-state index contributed by atoms with van der Waals surface area (Å²) in [6.45, 7) is 2.72. The zero-order valence-corrected chi connectivity index (χ0v) is 11.5. The summed E-state index contributed by atoms with van der Waals surface area (Å²) in [6.07, 6.45) is 2.38. The van der Waals surface area contributed by atoms with Gasteiger partial charge < -0.3 is 4.74 Å². The van der Waals surface area contributed by atoms with Gasteiger partial charge in [0.25, 0.3) is 0 Å². The van der Waals surface area contributed by atoms with Crippen molar-refractivity contribution in [1.82, 2.24) is 4.90 Å². The van der Waals surface area contributed by atoms with Crippen LogP contribution in [-0.2, 0) is 6.54 Å². The Morgan fingerprint density at radius 3 is 3.00 bits per heavy atom. The van der Waals surface area contributed by atoms with Gasteiger partial charge in [-0.2, -0.15) is 0 Å². The molecule has 0 radical (unpaired) electrons. The van der Waals surface area contributed by atoms with E-state index in [-0.39, 0.29) is 5.82 Å². The van der Waals surface area contributed by atoms with E-state index in [0.717, 1.165) is 18.7 Å². The Hall–Kier alpha value is -0.610. The van der Waals surface area contributed by atoms with Crippen molar-refractivity contribution in [1.29, 1.82) is 0 Å². The van der Waals surface area contributed by atoms with Crippen molar-refractivity contribution in [3.63, 3.8) is 0 Å². The summed E-state index contributed by atoms with van der Waals surface area (Å²) in [4.78, 5) is 2.82. The normalized spacial score (nSPS) is 21.5. The molecule has 4 heteroatoms. The number of nitrogens with zero attached hydrogens (tertiary/aromatic N) is 1. The van der Waals surface area contributed by atoms with Crippen molar-refractivity contribution < 1.29 is 9.13 Å². The van der Waals surface area contributed by atoms with E-state index in [0.29, 0.717) is 17.1 Å². The number of alkyl halides is 1. The first-order valence-electron chi connectivity index (χ1n) is 5.88. The number of halogens is 2. The number of rotatable bonds is 3. The maximum atomic E-state index is 13.8. The average molecular weight is 302 g/mol. The molecule has 0 amide bonds. The molecule has 1 saturated heterocycles. The van der Waals surface area contributed by atoms with E-state index in [1.54, 1.807) is 7.11 Å². The first-order valence-corrected chi connectivity index (χ1v) is 6.79. The van der Waals surface area contributed by atoms with Crippen LogP contribution in [-0.4, -0.2) is 29.9 Å². The molecule has 1 atom stereocenters. The number of hydrogen-bond acceptors (Lipinski definition) is 2. The van der Waals surface area contributed by atoms with Crippen LogP contribution in [0.2, 0.25) is 0 Å². The molecule has 2 nitrogen and oxygen atoms in total.